The van der Waals surface area contributed by atoms with Crippen LogP contribution in [-0.4, -0.2) is 169 Å². The Balaban J connectivity index is 1.64. The first-order valence-corrected chi connectivity index (χ1v) is 16.5. The lowest BCUT2D eigenvalue weighted by Gasteiger charge is -2.09. The minimum absolute atomic E-state index is 0.0220. The molecule has 0 heterocycles. The molecule has 0 N–H and O–H groups in total. The molecule has 0 saturated carbocycles. The number of hydrogen-bond acceptors (Lipinski definition) is 16. The lowest BCUT2D eigenvalue weighted by Crippen LogP contribution is -2.15. The number of carbonyl (C=O) groups is 1. The van der Waals surface area contributed by atoms with Crippen LogP contribution in [0.4, 0.5) is 5.69 Å². The highest BCUT2D eigenvalue weighted by Gasteiger charge is 2.04. The highest BCUT2D eigenvalue weighted by Crippen LogP contribution is 2.17. The van der Waals surface area contributed by atoms with E-state index in [1.165, 1.54) is 19.1 Å². The van der Waals surface area contributed by atoms with Crippen LogP contribution in [0.2, 0.25) is 0 Å². The molecular formula is C32H55NO16. The van der Waals surface area contributed by atoms with E-state index in [-0.39, 0.29) is 18.3 Å². The van der Waals surface area contributed by atoms with Crippen LogP contribution in [0, 0.1) is 10.1 Å². The van der Waals surface area contributed by atoms with Gasteiger partial charge in [-0.3, -0.25) is 14.9 Å². The number of esters is 1. The average Bonchev–Trinajstić information content (AvgIpc) is 3.09. The molecule has 0 bridgehead atoms. The van der Waals surface area contributed by atoms with Gasteiger partial charge in [-0.2, -0.15) is 0 Å². The highest BCUT2D eigenvalue weighted by molar-refractivity contribution is 5.65. The van der Waals surface area contributed by atoms with Crippen molar-refractivity contribution >= 4 is 11.7 Å². The molecule has 0 aliphatic carbocycles. The molecule has 17 heteroatoms. The van der Waals surface area contributed by atoms with Crippen molar-refractivity contribution in [3.05, 3.63) is 34.4 Å². The van der Waals surface area contributed by atoms with Gasteiger partial charge in [0.05, 0.1) is 150 Å². The number of nitro groups is 1. The predicted octanol–water partition coefficient (Wildman–Crippen LogP) is 1.72. The van der Waals surface area contributed by atoms with Crippen molar-refractivity contribution < 1.29 is 71.3 Å². The maximum Gasteiger partial charge on any atom is 0.302 e. The van der Waals surface area contributed by atoms with Gasteiger partial charge in [-0.25, -0.2) is 0 Å². The Labute approximate surface area is 288 Å². The molecule has 0 saturated heterocycles. The number of non-ortho nitro benzene ring substituents is 1. The number of carbonyl (C=O) groups excluding carboxylic acids is 1. The summed E-state index contributed by atoms with van der Waals surface area (Å²) in [6, 6.07) is 5.90. The highest BCUT2D eigenvalue weighted by atomic mass is 16.6. The van der Waals surface area contributed by atoms with Crippen LogP contribution in [-0.2, 0) is 61.6 Å². The Bertz CT molecular complexity index is 879. The van der Waals surface area contributed by atoms with Gasteiger partial charge >= 0.3 is 5.97 Å². The molecule has 0 aliphatic rings. The van der Waals surface area contributed by atoms with Crippen molar-refractivity contribution in [3.63, 3.8) is 0 Å². The average molecular weight is 710 g/mol. The third kappa shape index (κ3) is 32.4. The smallest absolute Gasteiger partial charge is 0.302 e. The zero-order valence-corrected chi connectivity index (χ0v) is 28.8. The Morgan fingerprint density at radius 1 is 0.449 bits per heavy atom. The van der Waals surface area contributed by atoms with Gasteiger partial charge in [-0.15, -0.1) is 0 Å². The summed E-state index contributed by atoms with van der Waals surface area (Å²) in [6.07, 6.45) is 0. The van der Waals surface area contributed by atoms with Crippen LogP contribution in [0.15, 0.2) is 24.3 Å². The van der Waals surface area contributed by atoms with Crippen LogP contribution in [0.5, 0.6) is 5.75 Å². The van der Waals surface area contributed by atoms with Gasteiger partial charge < -0.3 is 61.6 Å². The first-order valence-electron chi connectivity index (χ1n) is 16.5. The zero-order chi connectivity index (χ0) is 35.3. The van der Waals surface area contributed by atoms with Crippen molar-refractivity contribution in [2.24, 2.45) is 0 Å². The Hall–Kier alpha value is -2.55. The summed E-state index contributed by atoms with van der Waals surface area (Å²) in [7, 11) is 0. The molecule has 1 aromatic carbocycles. The Kier molecular flexibility index (Phi) is 32.0. The van der Waals surface area contributed by atoms with Gasteiger partial charge in [-0.05, 0) is 12.1 Å². The minimum Gasteiger partial charge on any atom is -0.491 e. The SMILES string of the molecule is CC(=O)OCCOCCOCCOCCOCCOCCOCCOCCOCCOCCOCCOCCOc1ccc([N+](=O)[O-])cc1. The Morgan fingerprint density at radius 3 is 0.939 bits per heavy atom. The van der Waals surface area contributed by atoms with Gasteiger partial charge in [0.25, 0.3) is 5.69 Å². The van der Waals surface area contributed by atoms with Crippen LogP contribution in [0.3, 0.4) is 0 Å². The van der Waals surface area contributed by atoms with Crippen LogP contribution in [0.1, 0.15) is 6.92 Å². The van der Waals surface area contributed by atoms with Crippen molar-refractivity contribution in [2.45, 2.75) is 6.92 Å². The summed E-state index contributed by atoms with van der Waals surface area (Å²) in [4.78, 5) is 20.8. The molecule has 17 nitrogen and oxygen atoms in total. The molecule has 0 fully saturated rings. The molecule has 0 aromatic heterocycles. The number of rotatable bonds is 38. The fourth-order valence-electron chi connectivity index (χ4n) is 3.43. The molecular weight excluding hydrogens is 654 g/mol. The fraction of sp³-hybridized carbons (Fsp3) is 0.781. The molecule has 0 spiro atoms. The third-order valence-electron chi connectivity index (χ3n) is 5.80. The maximum atomic E-state index is 10.6. The van der Waals surface area contributed by atoms with E-state index in [4.69, 9.17) is 61.6 Å². The van der Waals surface area contributed by atoms with Crippen LogP contribution < -0.4 is 4.74 Å². The summed E-state index contributed by atoms with van der Waals surface area (Å²) in [6.45, 7) is 12.1. The number of ether oxygens (including phenoxy) is 13. The molecule has 49 heavy (non-hydrogen) atoms. The number of nitro benzene ring substituents is 1. The summed E-state index contributed by atoms with van der Waals surface area (Å²) < 4.78 is 69.9. The molecule has 1 aromatic rings. The lowest BCUT2D eigenvalue weighted by molar-refractivity contribution is -0.384. The monoisotopic (exact) mass is 709 g/mol. The molecule has 0 radical (unpaired) electrons. The summed E-state index contributed by atoms with van der Waals surface area (Å²) in [5.74, 6) is 0.235. The van der Waals surface area contributed by atoms with E-state index in [0.29, 0.717) is 158 Å². The second-order valence-electron chi connectivity index (χ2n) is 9.68. The summed E-state index contributed by atoms with van der Waals surface area (Å²) >= 11 is 0. The molecule has 1 rings (SSSR count). The van der Waals surface area contributed by atoms with Gasteiger partial charge in [-0.1, -0.05) is 0 Å². The maximum absolute atomic E-state index is 10.6. The standard InChI is InChI=1S/C32H55NO16/c1-30(34)48-28-26-46-24-22-44-20-18-42-16-14-40-12-10-38-8-6-37-7-9-39-11-13-41-15-17-43-19-21-45-23-25-47-27-29-49-32-4-2-31(3-5-32)33(35)36/h2-5H,6-29H2,1H3. The molecule has 0 amide bonds. The Morgan fingerprint density at radius 2 is 0.694 bits per heavy atom. The second kappa shape index (κ2) is 35.3. The van der Waals surface area contributed by atoms with Crippen LogP contribution in [0.25, 0.3) is 0 Å². The summed E-state index contributed by atoms with van der Waals surface area (Å²) in [5, 5.41) is 10.6. The van der Waals surface area contributed by atoms with Crippen molar-refractivity contribution in [3.8, 4) is 5.75 Å². The fourth-order valence-corrected chi connectivity index (χ4v) is 3.43. The van der Waals surface area contributed by atoms with E-state index in [2.05, 4.69) is 0 Å². The van der Waals surface area contributed by atoms with E-state index in [1.54, 1.807) is 12.1 Å². The molecule has 0 unspecified atom stereocenters. The molecule has 0 aliphatic heterocycles. The quantitative estimate of drug-likeness (QED) is 0.0419. The van der Waals surface area contributed by atoms with Gasteiger partial charge in [0.15, 0.2) is 0 Å². The van der Waals surface area contributed by atoms with Crippen molar-refractivity contribution in [1.29, 1.82) is 0 Å². The second-order valence-corrected chi connectivity index (χ2v) is 9.68. The van der Waals surface area contributed by atoms with E-state index < -0.39 is 4.92 Å². The number of nitrogens with zero attached hydrogens (tertiary/aromatic N) is 1. The lowest BCUT2D eigenvalue weighted by atomic mass is 10.3. The first-order chi connectivity index (χ1) is 24.1. The van der Waals surface area contributed by atoms with E-state index in [0.717, 1.165) is 0 Å². The summed E-state index contributed by atoms with van der Waals surface area (Å²) in [5.41, 5.74) is 0.0220. The predicted molar refractivity (Wildman–Crippen MR) is 174 cm³/mol. The van der Waals surface area contributed by atoms with Crippen molar-refractivity contribution in [2.75, 3.05) is 159 Å². The zero-order valence-electron chi connectivity index (χ0n) is 28.8. The van der Waals surface area contributed by atoms with E-state index in [1.807, 2.05) is 0 Å². The minimum atomic E-state index is -0.455. The first kappa shape index (κ1) is 44.5. The normalized spacial score (nSPS) is 11.2. The molecule has 284 valence electrons. The number of benzene rings is 1. The van der Waals surface area contributed by atoms with Gasteiger partial charge in [0, 0.05) is 19.1 Å². The van der Waals surface area contributed by atoms with Crippen LogP contribution >= 0.6 is 0 Å². The van der Waals surface area contributed by atoms with E-state index >= 15 is 0 Å². The largest absolute Gasteiger partial charge is 0.491 e. The van der Waals surface area contributed by atoms with Crippen molar-refractivity contribution in [1.82, 2.24) is 0 Å². The van der Waals surface area contributed by atoms with E-state index in [9.17, 15) is 14.9 Å². The number of hydrogen-bond donors (Lipinski definition) is 0. The molecule has 0 atom stereocenters. The van der Waals surface area contributed by atoms with Gasteiger partial charge in [0.1, 0.15) is 19.0 Å². The third-order valence-corrected chi connectivity index (χ3v) is 5.80. The topological polar surface area (TPSA) is 180 Å². The van der Waals surface area contributed by atoms with Gasteiger partial charge in [0.2, 0.25) is 0 Å².